The number of rotatable bonds is 2. The van der Waals surface area contributed by atoms with E-state index in [4.69, 9.17) is 11.0 Å². The zero-order valence-corrected chi connectivity index (χ0v) is 9.85. The number of carbonyl (C=O) groups excluding carboxylic acids is 1. The van der Waals surface area contributed by atoms with Crippen molar-refractivity contribution in [1.29, 1.82) is 5.26 Å². The highest BCUT2D eigenvalue weighted by Crippen LogP contribution is 2.16. The fourth-order valence-corrected chi connectivity index (χ4v) is 1.58. The van der Waals surface area contributed by atoms with E-state index >= 15 is 0 Å². The summed E-state index contributed by atoms with van der Waals surface area (Å²) in [6, 6.07) is 11.7. The van der Waals surface area contributed by atoms with Gasteiger partial charge in [0.05, 0.1) is 17.2 Å². The van der Waals surface area contributed by atoms with E-state index in [-0.39, 0.29) is 16.9 Å². The molecule has 2 aromatic carbocycles. The SMILES string of the molecule is N#Cc1ccc(N)cc1C(=O)Nc1ccc(F)cc1. The van der Waals surface area contributed by atoms with Crippen LogP contribution in [0.3, 0.4) is 0 Å². The Labute approximate surface area is 109 Å². The van der Waals surface area contributed by atoms with Crippen molar-refractivity contribution in [2.24, 2.45) is 0 Å². The zero-order chi connectivity index (χ0) is 13.8. The molecule has 0 saturated heterocycles. The number of nitriles is 1. The first-order valence-corrected chi connectivity index (χ1v) is 5.46. The summed E-state index contributed by atoms with van der Waals surface area (Å²) < 4.78 is 12.7. The summed E-state index contributed by atoms with van der Waals surface area (Å²) >= 11 is 0. The third-order valence-electron chi connectivity index (χ3n) is 2.51. The summed E-state index contributed by atoms with van der Waals surface area (Å²) in [5.41, 5.74) is 6.85. The lowest BCUT2D eigenvalue weighted by Gasteiger charge is -2.07. The van der Waals surface area contributed by atoms with E-state index in [0.717, 1.165) is 0 Å². The number of hydrogen-bond acceptors (Lipinski definition) is 3. The molecule has 0 bridgehead atoms. The van der Waals surface area contributed by atoms with E-state index in [2.05, 4.69) is 5.32 Å². The van der Waals surface area contributed by atoms with Gasteiger partial charge in [0.1, 0.15) is 5.82 Å². The second-order valence-corrected chi connectivity index (χ2v) is 3.88. The summed E-state index contributed by atoms with van der Waals surface area (Å²) in [7, 11) is 0. The van der Waals surface area contributed by atoms with E-state index in [1.165, 1.54) is 36.4 Å². The minimum atomic E-state index is -0.463. The first-order chi connectivity index (χ1) is 9.10. The van der Waals surface area contributed by atoms with Gasteiger partial charge in [0, 0.05) is 11.4 Å². The summed E-state index contributed by atoms with van der Waals surface area (Å²) in [6.07, 6.45) is 0. The number of nitrogens with two attached hydrogens (primary N) is 1. The van der Waals surface area contributed by atoms with E-state index in [1.54, 1.807) is 6.07 Å². The Bertz CT molecular complexity index is 659. The van der Waals surface area contributed by atoms with Crippen LogP contribution in [0, 0.1) is 17.1 Å². The van der Waals surface area contributed by atoms with E-state index in [1.807, 2.05) is 6.07 Å². The number of amides is 1. The molecule has 0 aliphatic carbocycles. The normalized spacial score (nSPS) is 9.68. The van der Waals surface area contributed by atoms with Crippen molar-refractivity contribution in [3.8, 4) is 6.07 Å². The summed E-state index contributed by atoms with van der Waals surface area (Å²) in [5, 5.41) is 11.5. The molecule has 0 atom stereocenters. The van der Waals surface area contributed by atoms with Gasteiger partial charge in [-0.1, -0.05) is 0 Å². The van der Waals surface area contributed by atoms with Gasteiger partial charge in [-0.25, -0.2) is 4.39 Å². The minimum absolute atomic E-state index is 0.187. The van der Waals surface area contributed by atoms with Gasteiger partial charge < -0.3 is 11.1 Å². The molecule has 0 unspecified atom stereocenters. The molecule has 4 nitrogen and oxygen atoms in total. The van der Waals surface area contributed by atoms with Crippen LogP contribution in [0.4, 0.5) is 15.8 Å². The average Bonchev–Trinajstić information content (AvgIpc) is 2.41. The van der Waals surface area contributed by atoms with E-state index in [0.29, 0.717) is 11.4 Å². The Balaban J connectivity index is 2.27. The molecule has 0 aliphatic rings. The average molecular weight is 255 g/mol. The number of benzene rings is 2. The minimum Gasteiger partial charge on any atom is -0.399 e. The largest absolute Gasteiger partial charge is 0.399 e. The number of hydrogen-bond donors (Lipinski definition) is 2. The Kier molecular flexibility index (Phi) is 3.44. The number of nitrogens with zero attached hydrogens (tertiary/aromatic N) is 1. The van der Waals surface area contributed by atoms with Crippen molar-refractivity contribution in [2.75, 3.05) is 11.1 Å². The van der Waals surface area contributed by atoms with E-state index in [9.17, 15) is 9.18 Å². The Hall–Kier alpha value is -2.87. The van der Waals surface area contributed by atoms with Gasteiger partial charge in [0.15, 0.2) is 0 Å². The fraction of sp³-hybridized carbons (Fsp3) is 0. The van der Waals surface area contributed by atoms with Crippen molar-refractivity contribution >= 4 is 17.3 Å². The second-order valence-electron chi connectivity index (χ2n) is 3.88. The first-order valence-electron chi connectivity index (χ1n) is 5.46. The van der Waals surface area contributed by atoms with Crippen LogP contribution in [0.2, 0.25) is 0 Å². The fourth-order valence-electron chi connectivity index (χ4n) is 1.58. The quantitative estimate of drug-likeness (QED) is 0.809. The number of nitrogen functional groups attached to an aromatic ring is 1. The Morgan fingerprint density at radius 3 is 2.53 bits per heavy atom. The lowest BCUT2D eigenvalue weighted by atomic mass is 10.1. The van der Waals surface area contributed by atoms with Crippen molar-refractivity contribution < 1.29 is 9.18 Å². The van der Waals surface area contributed by atoms with Gasteiger partial charge in [-0.3, -0.25) is 4.79 Å². The number of halogens is 1. The Morgan fingerprint density at radius 2 is 1.89 bits per heavy atom. The molecule has 0 saturated carbocycles. The van der Waals surface area contributed by atoms with Gasteiger partial charge in [0.25, 0.3) is 5.91 Å². The van der Waals surface area contributed by atoms with Crippen LogP contribution in [-0.2, 0) is 0 Å². The highest BCUT2D eigenvalue weighted by Gasteiger charge is 2.12. The van der Waals surface area contributed by atoms with Crippen LogP contribution in [0.1, 0.15) is 15.9 Å². The van der Waals surface area contributed by atoms with Gasteiger partial charge in [-0.2, -0.15) is 5.26 Å². The van der Waals surface area contributed by atoms with Crippen LogP contribution < -0.4 is 11.1 Å². The van der Waals surface area contributed by atoms with Crippen LogP contribution in [0.15, 0.2) is 42.5 Å². The molecule has 0 spiro atoms. The van der Waals surface area contributed by atoms with Gasteiger partial charge in [-0.05, 0) is 42.5 Å². The molecule has 0 aromatic heterocycles. The topological polar surface area (TPSA) is 78.9 Å². The van der Waals surface area contributed by atoms with Crippen molar-refractivity contribution in [1.82, 2.24) is 0 Å². The molecule has 0 aliphatic heterocycles. The second kappa shape index (κ2) is 5.19. The predicted molar refractivity (Wildman–Crippen MR) is 69.9 cm³/mol. The van der Waals surface area contributed by atoms with E-state index < -0.39 is 5.91 Å². The molecule has 94 valence electrons. The maximum Gasteiger partial charge on any atom is 0.257 e. The lowest BCUT2D eigenvalue weighted by molar-refractivity contribution is 0.102. The molecule has 0 heterocycles. The summed E-state index contributed by atoms with van der Waals surface area (Å²) in [5.74, 6) is -0.852. The van der Waals surface area contributed by atoms with Gasteiger partial charge in [-0.15, -0.1) is 0 Å². The third kappa shape index (κ3) is 2.87. The van der Waals surface area contributed by atoms with Crippen LogP contribution in [0.25, 0.3) is 0 Å². The van der Waals surface area contributed by atoms with Crippen LogP contribution >= 0.6 is 0 Å². The van der Waals surface area contributed by atoms with Crippen molar-refractivity contribution in [2.45, 2.75) is 0 Å². The highest BCUT2D eigenvalue weighted by molar-refractivity contribution is 6.06. The number of nitrogens with one attached hydrogen (secondary N) is 1. The molecule has 0 fully saturated rings. The maximum absolute atomic E-state index is 12.7. The zero-order valence-electron chi connectivity index (χ0n) is 9.85. The molecule has 3 N–H and O–H groups in total. The highest BCUT2D eigenvalue weighted by atomic mass is 19.1. The molecule has 1 amide bonds. The lowest BCUT2D eigenvalue weighted by Crippen LogP contribution is -2.14. The smallest absolute Gasteiger partial charge is 0.257 e. The molecule has 0 radical (unpaired) electrons. The molecule has 2 rings (SSSR count). The summed E-state index contributed by atoms with van der Waals surface area (Å²) in [4.78, 5) is 12.0. The first kappa shape index (κ1) is 12.6. The standard InChI is InChI=1S/C14H10FN3O/c15-10-2-5-12(6-3-10)18-14(19)13-7-11(17)4-1-9(13)8-16/h1-7H,17H2,(H,18,19). The monoisotopic (exact) mass is 255 g/mol. The molecule has 19 heavy (non-hydrogen) atoms. The summed E-state index contributed by atoms with van der Waals surface area (Å²) in [6.45, 7) is 0. The molecular weight excluding hydrogens is 245 g/mol. The van der Waals surface area contributed by atoms with Crippen molar-refractivity contribution in [3.05, 3.63) is 59.4 Å². The molecular formula is C14H10FN3O. The number of carbonyl (C=O) groups is 1. The van der Waals surface area contributed by atoms with Gasteiger partial charge in [0.2, 0.25) is 0 Å². The van der Waals surface area contributed by atoms with Crippen molar-refractivity contribution in [3.63, 3.8) is 0 Å². The predicted octanol–water partition coefficient (Wildman–Crippen LogP) is 2.53. The van der Waals surface area contributed by atoms with Crippen LogP contribution in [-0.4, -0.2) is 5.91 Å². The molecule has 2 aromatic rings. The molecule has 5 heteroatoms. The third-order valence-corrected chi connectivity index (χ3v) is 2.51. The maximum atomic E-state index is 12.7. The number of anilines is 2. The Morgan fingerprint density at radius 1 is 1.21 bits per heavy atom. The van der Waals surface area contributed by atoms with Crippen LogP contribution in [0.5, 0.6) is 0 Å². The van der Waals surface area contributed by atoms with Gasteiger partial charge >= 0.3 is 0 Å².